The number of nitrogens with one attached hydrogen (secondary N) is 1. The Morgan fingerprint density at radius 3 is 2.82 bits per heavy atom. The number of rotatable bonds is 6. The number of ether oxygens (including phenoxy) is 1. The highest BCUT2D eigenvalue weighted by Gasteiger charge is 2.16. The van der Waals surface area contributed by atoms with E-state index in [0.717, 1.165) is 10.9 Å². The maximum Gasteiger partial charge on any atom is 0.263 e. The molecule has 0 spiro atoms. The highest BCUT2D eigenvalue weighted by Crippen LogP contribution is 2.31. The van der Waals surface area contributed by atoms with E-state index in [0.29, 0.717) is 42.0 Å². The van der Waals surface area contributed by atoms with Gasteiger partial charge in [0.15, 0.2) is 0 Å². The second-order valence-electron chi connectivity index (χ2n) is 4.56. The zero-order chi connectivity index (χ0) is 15.4. The molecule has 0 saturated heterocycles. The number of benzene rings is 1. The van der Waals surface area contributed by atoms with E-state index in [1.165, 1.54) is 6.33 Å². The summed E-state index contributed by atoms with van der Waals surface area (Å²) in [4.78, 5) is 8.39. The average molecular weight is 319 g/mol. The van der Waals surface area contributed by atoms with Gasteiger partial charge in [0.25, 0.3) is 5.71 Å². The smallest absolute Gasteiger partial charge is 0.263 e. The molecule has 0 aliphatic carbocycles. The number of anilines is 1. The minimum absolute atomic E-state index is 0.443. The Kier molecular flexibility index (Phi) is 4.50. The summed E-state index contributed by atoms with van der Waals surface area (Å²) in [5, 5.41) is 8.76. The number of fused-ring (bicyclic) bond motifs is 1. The summed E-state index contributed by atoms with van der Waals surface area (Å²) in [6, 6.07) is 7.39. The molecule has 0 radical (unpaired) electrons. The van der Waals surface area contributed by atoms with Gasteiger partial charge in [-0.15, -0.1) is 0 Å². The summed E-state index contributed by atoms with van der Waals surface area (Å²) < 4.78 is 10.6. The van der Waals surface area contributed by atoms with Crippen molar-refractivity contribution in [3.8, 4) is 11.3 Å². The van der Waals surface area contributed by atoms with Crippen LogP contribution in [0.4, 0.5) is 5.82 Å². The molecule has 0 aliphatic rings. The molecule has 0 unspecified atom stereocenters. The van der Waals surface area contributed by atoms with Crippen LogP contribution in [0.5, 0.6) is 0 Å². The molecule has 0 bridgehead atoms. The molecule has 2 aromatic heterocycles. The maximum atomic E-state index is 5.93. The lowest BCUT2D eigenvalue weighted by Gasteiger charge is -2.06. The zero-order valence-electron chi connectivity index (χ0n) is 12.0. The van der Waals surface area contributed by atoms with E-state index >= 15 is 0 Å². The van der Waals surface area contributed by atoms with Gasteiger partial charge < -0.3 is 14.6 Å². The lowest BCUT2D eigenvalue weighted by atomic mass is 10.1. The summed E-state index contributed by atoms with van der Waals surface area (Å²) in [7, 11) is 0. The largest absolute Gasteiger partial charge is 0.380 e. The van der Waals surface area contributed by atoms with Crippen molar-refractivity contribution in [3.05, 3.63) is 35.6 Å². The lowest BCUT2D eigenvalue weighted by Crippen LogP contribution is -2.10. The van der Waals surface area contributed by atoms with Crippen LogP contribution in [0.15, 0.2) is 35.1 Å². The molecular formula is C15H15ClN4O2. The van der Waals surface area contributed by atoms with Gasteiger partial charge in [-0.25, -0.2) is 4.98 Å². The van der Waals surface area contributed by atoms with Gasteiger partial charge in [0, 0.05) is 23.7 Å². The van der Waals surface area contributed by atoms with Crippen LogP contribution in [0, 0.1) is 0 Å². The van der Waals surface area contributed by atoms with Crippen molar-refractivity contribution in [2.24, 2.45) is 0 Å². The minimum atomic E-state index is 0.443. The molecule has 1 N–H and O–H groups in total. The number of halogens is 1. The van der Waals surface area contributed by atoms with Crippen LogP contribution in [-0.4, -0.2) is 34.9 Å². The van der Waals surface area contributed by atoms with Crippen molar-refractivity contribution in [2.45, 2.75) is 6.92 Å². The van der Waals surface area contributed by atoms with E-state index in [-0.39, 0.29) is 0 Å². The van der Waals surface area contributed by atoms with E-state index in [1.807, 2.05) is 31.2 Å². The molecular weight excluding hydrogens is 304 g/mol. The summed E-state index contributed by atoms with van der Waals surface area (Å²) in [5.74, 6) is 0.677. The molecule has 6 nitrogen and oxygen atoms in total. The van der Waals surface area contributed by atoms with Crippen molar-refractivity contribution in [3.63, 3.8) is 0 Å². The van der Waals surface area contributed by atoms with Crippen molar-refractivity contribution in [2.75, 3.05) is 25.1 Å². The first-order chi connectivity index (χ1) is 10.8. The van der Waals surface area contributed by atoms with Crippen molar-refractivity contribution in [1.29, 1.82) is 0 Å². The molecule has 2 heterocycles. The molecule has 22 heavy (non-hydrogen) atoms. The van der Waals surface area contributed by atoms with Gasteiger partial charge in [-0.2, -0.15) is 4.98 Å². The third-order valence-electron chi connectivity index (χ3n) is 3.13. The van der Waals surface area contributed by atoms with Crippen molar-refractivity contribution < 1.29 is 9.26 Å². The van der Waals surface area contributed by atoms with E-state index in [9.17, 15) is 0 Å². The topological polar surface area (TPSA) is 73.1 Å². The second kappa shape index (κ2) is 6.72. The second-order valence-corrected chi connectivity index (χ2v) is 5.00. The van der Waals surface area contributed by atoms with Crippen LogP contribution in [-0.2, 0) is 4.74 Å². The van der Waals surface area contributed by atoms with Crippen LogP contribution in [0.3, 0.4) is 0 Å². The van der Waals surface area contributed by atoms with Crippen LogP contribution in [0.2, 0.25) is 5.02 Å². The van der Waals surface area contributed by atoms with Gasteiger partial charge >= 0.3 is 0 Å². The number of hydrogen-bond donors (Lipinski definition) is 1. The van der Waals surface area contributed by atoms with Crippen molar-refractivity contribution >= 4 is 28.5 Å². The average Bonchev–Trinajstić information content (AvgIpc) is 2.97. The summed E-state index contributed by atoms with van der Waals surface area (Å²) in [6.45, 7) is 3.89. The first-order valence-electron chi connectivity index (χ1n) is 6.97. The normalized spacial score (nSPS) is 11.0. The molecule has 3 aromatic rings. The van der Waals surface area contributed by atoms with Gasteiger partial charge in [-0.3, -0.25) is 0 Å². The predicted octanol–water partition coefficient (Wildman–Crippen LogP) is 3.39. The van der Waals surface area contributed by atoms with E-state index < -0.39 is 0 Å². The Morgan fingerprint density at radius 2 is 2.05 bits per heavy atom. The Balaban J connectivity index is 1.95. The first-order valence-corrected chi connectivity index (χ1v) is 7.35. The molecule has 0 aliphatic heterocycles. The number of aromatic nitrogens is 3. The molecule has 114 valence electrons. The van der Waals surface area contributed by atoms with Crippen molar-refractivity contribution in [1.82, 2.24) is 15.1 Å². The number of hydrogen-bond acceptors (Lipinski definition) is 6. The fraction of sp³-hybridized carbons (Fsp3) is 0.267. The van der Waals surface area contributed by atoms with Crippen LogP contribution in [0.25, 0.3) is 22.4 Å². The van der Waals surface area contributed by atoms with E-state index in [2.05, 4.69) is 20.4 Å². The SMILES string of the molecule is CCOCCNc1ncnc2onc(-c3ccc(Cl)cc3)c12. The highest BCUT2D eigenvalue weighted by molar-refractivity contribution is 6.30. The third kappa shape index (κ3) is 3.03. The van der Waals surface area contributed by atoms with E-state index in [1.54, 1.807) is 0 Å². The van der Waals surface area contributed by atoms with Gasteiger partial charge in [0.1, 0.15) is 23.2 Å². The Hall–Kier alpha value is -2.18. The Labute approximate surface area is 132 Å². The first kappa shape index (κ1) is 14.7. The number of nitrogens with zero attached hydrogens (tertiary/aromatic N) is 3. The molecule has 0 fully saturated rings. The standard InChI is InChI=1S/C15H15ClN4O2/c1-2-21-8-7-17-14-12-13(10-3-5-11(16)6-4-10)20-22-15(12)19-9-18-14/h3-6,9H,2,7-8H2,1H3,(H,17,18,19). The fourth-order valence-corrected chi connectivity index (χ4v) is 2.24. The summed E-state index contributed by atoms with van der Waals surface area (Å²) >= 11 is 5.93. The fourth-order valence-electron chi connectivity index (χ4n) is 2.11. The van der Waals surface area contributed by atoms with Gasteiger partial charge in [0.05, 0.1) is 6.61 Å². The quantitative estimate of drug-likeness (QED) is 0.702. The zero-order valence-corrected chi connectivity index (χ0v) is 12.8. The third-order valence-corrected chi connectivity index (χ3v) is 3.39. The minimum Gasteiger partial charge on any atom is -0.380 e. The molecule has 0 atom stereocenters. The Bertz CT molecular complexity index is 758. The maximum absolute atomic E-state index is 5.93. The van der Waals surface area contributed by atoms with Crippen LogP contribution < -0.4 is 5.32 Å². The van der Waals surface area contributed by atoms with E-state index in [4.69, 9.17) is 20.9 Å². The van der Waals surface area contributed by atoms with Gasteiger partial charge in [-0.05, 0) is 19.1 Å². The van der Waals surface area contributed by atoms with Crippen LogP contribution in [0.1, 0.15) is 6.92 Å². The summed E-state index contributed by atoms with van der Waals surface area (Å²) in [6.07, 6.45) is 1.45. The molecule has 3 rings (SSSR count). The summed E-state index contributed by atoms with van der Waals surface area (Å²) in [5.41, 5.74) is 2.02. The van der Waals surface area contributed by atoms with Crippen LogP contribution >= 0.6 is 11.6 Å². The Morgan fingerprint density at radius 1 is 1.23 bits per heavy atom. The van der Waals surface area contributed by atoms with Gasteiger partial charge in [-0.1, -0.05) is 28.9 Å². The van der Waals surface area contributed by atoms with Gasteiger partial charge in [0.2, 0.25) is 0 Å². The highest BCUT2D eigenvalue weighted by atomic mass is 35.5. The molecule has 0 amide bonds. The lowest BCUT2D eigenvalue weighted by molar-refractivity contribution is 0.158. The monoisotopic (exact) mass is 318 g/mol. The molecule has 1 aromatic carbocycles. The molecule has 7 heteroatoms. The molecule has 0 saturated carbocycles. The predicted molar refractivity (Wildman–Crippen MR) is 85.0 cm³/mol.